The summed E-state index contributed by atoms with van der Waals surface area (Å²) in [5, 5.41) is 4.52. The second-order valence-corrected chi connectivity index (χ2v) is 11.7. The second kappa shape index (κ2) is 9.59. The number of hydrogen-bond donors (Lipinski definition) is 0. The van der Waals surface area contributed by atoms with Crippen molar-refractivity contribution in [2.24, 2.45) is 0 Å². The summed E-state index contributed by atoms with van der Waals surface area (Å²) in [4.78, 5) is 26.4. The molecule has 0 fully saturated rings. The van der Waals surface area contributed by atoms with Crippen LogP contribution in [-0.2, 0) is 9.47 Å². The van der Waals surface area contributed by atoms with Crippen LogP contribution in [0.25, 0.3) is 62.6 Å². The number of carbonyl (C=O) groups is 2. The Bertz CT molecular complexity index is 1980. The molecule has 194 valence electrons. The van der Waals surface area contributed by atoms with E-state index in [0.29, 0.717) is 22.3 Å². The van der Waals surface area contributed by atoms with Gasteiger partial charge in [-0.1, -0.05) is 48.5 Å². The normalized spacial score (nSPS) is 11.4. The number of esters is 2. The Morgan fingerprint density at radius 1 is 0.500 bits per heavy atom. The molecule has 0 atom stereocenters. The molecular formula is C34H22O4S2. The van der Waals surface area contributed by atoms with Crippen LogP contribution in [0.1, 0.15) is 20.7 Å². The van der Waals surface area contributed by atoms with E-state index in [2.05, 4.69) is 48.5 Å². The molecule has 7 rings (SSSR count). The Morgan fingerprint density at radius 3 is 1.32 bits per heavy atom. The van der Waals surface area contributed by atoms with Crippen LogP contribution >= 0.6 is 22.7 Å². The first-order valence-corrected chi connectivity index (χ1v) is 14.4. The fraction of sp³-hybridized carbons (Fsp3) is 0.0588. The predicted octanol–water partition coefficient (Wildman–Crippen LogP) is 9.33. The van der Waals surface area contributed by atoms with E-state index in [4.69, 9.17) is 9.47 Å². The molecule has 0 N–H and O–H groups in total. The van der Waals surface area contributed by atoms with Gasteiger partial charge in [-0.05, 0) is 70.8 Å². The van der Waals surface area contributed by atoms with E-state index in [1.165, 1.54) is 23.6 Å². The lowest BCUT2D eigenvalue weighted by atomic mass is 9.89. The fourth-order valence-corrected chi connectivity index (χ4v) is 7.60. The quantitative estimate of drug-likeness (QED) is 0.202. The molecule has 0 spiro atoms. The third-order valence-corrected chi connectivity index (χ3v) is 9.65. The maximum atomic E-state index is 13.2. The molecule has 0 aliphatic heterocycles. The average molecular weight is 559 g/mol. The van der Waals surface area contributed by atoms with Crippen molar-refractivity contribution in [2.75, 3.05) is 14.2 Å². The summed E-state index contributed by atoms with van der Waals surface area (Å²) >= 11 is 3.46. The van der Waals surface area contributed by atoms with Crippen LogP contribution in [0, 0.1) is 0 Å². The molecule has 0 radical (unpaired) electrons. The minimum absolute atomic E-state index is 0.388. The molecule has 0 aliphatic carbocycles. The number of carbonyl (C=O) groups excluding carboxylic acids is 2. The summed E-state index contributed by atoms with van der Waals surface area (Å²) in [6.07, 6.45) is 0. The highest BCUT2D eigenvalue weighted by Crippen LogP contribution is 2.41. The molecular weight excluding hydrogens is 537 g/mol. The highest BCUT2D eigenvalue weighted by molar-refractivity contribution is 7.26. The van der Waals surface area contributed by atoms with Crippen LogP contribution in [-0.4, -0.2) is 26.2 Å². The van der Waals surface area contributed by atoms with Gasteiger partial charge in [0.1, 0.15) is 0 Å². The van der Waals surface area contributed by atoms with Crippen molar-refractivity contribution in [3.8, 4) is 22.3 Å². The molecule has 40 heavy (non-hydrogen) atoms. The minimum Gasteiger partial charge on any atom is -0.465 e. The van der Waals surface area contributed by atoms with E-state index in [9.17, 15) is 9.59 Å². The lowest BCUT2D eigenvalue weighted by molar-refractivity contribution is 0.0588. The Hall–Kier alpha value is -4.52. The summed E-state index contributed by atoms with van der Waals surface area (Å²) in [7, 11) is 2.75. The van der Waals surface area contributed by atoms with Crippen molar-refractivity contribution in [1.82, 2.24) is 0 Å². The molecule has 7 aromatic rings. The van der Waals surface area contributed by atoms with Gasteiger partial charge in [0.05, 0.1) is 25.3 Å². The first-order chi connectivity index (χ1) is 19.6. The van der Waals surface area contributed by atoms with Gasteiger partial charge in [0.15, 0.2) is 0 Å². The number of thiophene rings is 2. The molecule has 2 aromatic heterocycles. The third-order valence-electron chi connectivity index (χ3n) is 7.34. The number of fused-ring (bicyclic) bond motifs is 6. The Labute approximate surface area is 238 Å². The van der Waals surface area contributed by atoms with E-state index in [1.807, 2.05) is 36.4 Å². The minimum atomic E-state index is -0.468. The number of benzene rings is 5. The van der Waals surface area contributed by atoms with Crippen molar-refractivity contribution in [3.63, 3.8) is 0 Å². The Morgan fingerprint density at radius 2 is 0.900 bits per heavy atom. The van der Waals surface area contributed by atoms with E-state index in [-0.39, 0.29) is 0 Å². The average Bonchev–Trinajstić information content (AvgIpc) is 3.57. The Kier molecular flexibility index (Phi) is 5.88. The lowest BCUT2D eigenvalue weighted by Gasteiger charge is -2.15. The van der Waals surface area contributed by atoms with Crippen LogP contribution in [0.3, 0.4) is 0 Å². The molecule has 4 nitrogen and oxygen atoms in total. The van der Waals surface area contributed by atoms with Gasteiger partial charge in [-0.15, -0.1) is 22.7 Å². The molecule has 0 bridgehead atoms. The van der Waals surface area contributed by atoms with Gasteiger partial charge < -0.3 is 9.47 Å². The van der Waals surface area contributed by atoms with E-state index >= 15 is 0 Å². The molecule has 2 heterocycles. The third kappa shape index (κ3) is 3.87. The summed E-state index contributed by atoms with van der Waals surface area (Å²) in [6.45, 7) is 0. The van der Waals surface area contributed by atoms with Crippen LogP contribution in [0.5, 0.6) is 0 Å². The molecule has 5 aromatic carbocycles. The molecule has 6 heteroatoms. The highest BCUT2D eigenvalue weighted by Gasteiger charge is 2.23. The van der Waals surface area contributed by atoms with Crippen LogP contribution in [0.15, 0.2) is 97.1 Å². The van der Waals surface area contributed by atoms with Crippen LogP contribution in [0.2, 0.25) is 0 Å². The zero-order valence-corrected chi connectivity index (χ0v) is 23.3. The standard InChI is InChI=1S/C34H22O4S2/c1-37-33(35)27-17-24(20-12-14-32-26(16-20)22-8-4-6-10-30(22)40-32)28(34(36)38-2)18-23(27)19-11-13-31-25(15-19)21-7-3-5-9-29(21)39-31/h3-18H,1-2H3. The maximum absolute atomic E-state index is 13.2. The number of rotatable bonds is 4. The Balaban J connectivity index is 1.48. The van der Waals surface area contributed by atoms with Crippen molar-refractivity contribution >= 4 is 75.0 Å². The number of hydrogen-bond acceptors (Lipinski definition) is 6. The lowest BCUT2D eigenvalue weighted by Crippen LogP contribution is -2.09. The summed E-state index contributed by atoms with van der Waals surface area (Å²) < 4.78 is 15.2. The van der Waals surface area contributed by atoms with Gasteiger partial charge in [0.25, 0.3) is 0 Å². The van der Waals surface area contributed by atoms with E-state index in [1.54, 1.807) is 34.8 Å². The molecule has 0 saturated heterocycles. The summed E-state index contributed by atoms with van der Waals surface area (Å²) in [5.74, 6) is -0.935. The SMILES string of the molecule is COC(=O)c1cc(-c2ccc3sc4ccccc4c3c2)c(C(=O)OC)cc1-c1ccc2sc3ccccc3c2c1. The molecule has 0 aliphatic rings. The number of ether oxygens (including phenoxy) is 2. The number of methoxy groups -OCH3 is 2. The zero-order valence-electron chi connectivity index (χ0n) is 21.7. The van der Waals surface area contributed by atoms with Gasteiger partial charge in [-0.2, -0.15) is 0 Å². The predicted molar refractivity (Wildman–Crippen MR) is 166 cm³/mol. The largest absolute Gasteiger partial charge is 0.465 e. The molecule has 0 saturated carbocycles. The van der Waals surface area contributed by atoms with Crippen LogP contribution in [0.4, 0.5) is 0 Å². The monoisotopic (exact) mass is 558 g/mol. The van der Waals surface area contributed by atoms with Gasteiger partial charge >= 0.3 is 11.9 Å². The van der Waals surface area contributed by atoms with Crippen molar-refractivity contribution in [1.29, 1.82) is 0 Å². The van der Waals surface area contributed by atoms with E-state index in [0.717, 1.165) is 42.1 Å². The van der Waals surface area contributed by atoms with E-state index < -0.39 is 11.9 Å². The van der Waals surface area contributed by atoms with Crippen molar-refractivity contribution in [2.45, 2.75) is 0 Å². The maximum Gasteiger partial charge on any atom is 0.338 e. The highest BCUT2D eigenvalue weighted by atomic mass is 32.1. The van der Waals surface area contributed by atoms with Gasteiger partial charge in [-0.3, -0.25) is 0 Å². The molecule has 0 unspecified atom stereocenters. The summed E-state index contributed by atoms with van der Waals surface area (Å²) in [6, 6.07) is 32.4. The first-order valence-electron chi connectivity index (χ1n) is 12.7. The van der Waals surface area contributed by atoms with Crippen molar-refractivity contribution in [3.05, 3.63) is 108 Å². The van der Waals surface area contributed by atoms with Gasteiger partial charge in [0.2, 0.25) is 0 Å². The first kappa shape index (κ1) is 24.5. The van der Waals surface area contributed by atoms with Gasteiger partial charge in [0, 0.05) is 40.3 Å². The smallest absolute Gasteiger partial charge is 0.338 e. The topological polar surface area (TPSA) is 52.6 Å². The van der Waals surface area contributed by atoms with Crippen molar-refractivity contribution < 1.29 is 19.1 Å². The molecule has 0 amide bonds. The van der Waals surface area contributed by atoms with Gasteiger partial charge in [-0.25, -0.2) is 9.59 Å². The fourth-order valence-electron chi connectivity index (χ4n) is 5.42. The van der Waals surface area contributed by atoms with Crippen LogP contribution < -0.4 is 0 Å². The summed E-state index contributed by atoms with van der Waals surface area (Å²) in [5.41, 5.74) is 3.67. The second-order valence-electron chi connectivity index (χ2n) is 9.54. The zero-order chi connectivity index (χ0) is 27.4.